The number of hydrogen-bond donors (Lipinski definition) is 2. The van der Waals surface area contributed by atoms with Crippen LogP contribution in [-0.4, -0.2) is 41.7 Å². The van der Waals surface area contributed by atoms with Gasteiger partial charge in [0.05, 0.1) is 6.61 Å². The van der Waals surface area contributed by atoms with Crippen LogP contribution in [0.1, 0.15) is 19.8 Å². The molecule has 0 aliphatic carbocycles. The molecule has 13 heavy (non-hydrogen) atoms. The molecule has 76 valence electrons. The van der Waals surface area contributed by atoms with E-state index in [1.807, 2.05) is 4.90 Å². The van der Waals surface area contributed by atoms with Crippen molar-refractivity contribution in [2.45, 2.75) is 25.8 Å². The third-order valence-corrected chi connectivity index (χ3v) is 2.41. The lowest BCUT2D eigenvalue weighted by Gasteiger charge is -2.17. The van der Waals surface area contributed by atoms with Crippen molar-refractivity contribution < 1.29 is 9.90 Å². The van der Waals surface area contributed by atoms with Crippen LogP contribution in [0.2, 0.25) is 0 Å². The molecule has 1 aliphatic rings. The smallest absolute Gasteiger partial charge is 0.222 e. The first-order valence-corrected chi connectivity index (χ1v) is 4.77. The summed E-state index contributed by atoms with van der Waals surface area (Å²) in [6, 6.07) is -0.191. The molecule has 0 aromatic heterocycles. The number of carbonyl (C=O) groups excluding carboxylic acids is 1. The SMILES string of the molecule is CC1CC(=O)N(CCC(N)CO)C1. The number of nitrogens with two attached hydrogens (primary N) is 1. The van der Waals surface area contributed by atoms with E-state index in [4.69, 9.17) is 10.8 Å². The predicted molar refractivity (Wildman–Crippen MR) is 50.0 cm³/mol. The van der Waals surface area contributed by atoms with Crippen LogP contribution in [0.3, 0.4) is 0 Å². The molecular weight excluding hydrogens is 168 g/mol. The topological polar surface area (TPSA) is 66.6 Å². The van der Waals surface area contributed by atoms with Gasteiger partial charge in [-0.3, -0.25) is 4.79 Å². The summed E-state index contributed by atoms with van der Waals surface area (Å²) in [6.07, 6.45) is 1.35. The lowest BCUT2D eigenvalue weighted by atomic mass is 10.2. The molecule has 4 nitrogen and oxygen atoms in total. The van der Waals surface area contributed by atoms with Crippen LogP contribution in [0.15, 0.2) is 0 Å². The van der Waals surface area contributed by atoms with Gasteiger partial charge in [-0.2, -0.15) is 0 Å². The number of amides is 1. The quantitative estimate of drug-likeness (QED) is 0.625. The van der Waals surface area contributed by atoms with E-state index < -0.39 is 0 Å². The van der Waals surface area contributed by atoms with Gasteiger partial charge in [-0.15, -0.1) is 0 Å². The molecule has 0 spiro atoms. The number of aliphatic hydroxyl groups excluding tert-OH is 1. The fraction of sp³-hybridized carbons (Fsp3) is 0.889. The van der Waals surface area contributed by atoms with Crippen LogP contribution >= 0.6 is 0 Å². The van der Waals surface area contributed by atoms with E-state index in [0.29, 0.717) is 25.3 Å². The molecule has 3 N–H and O–H groups in total. The molecule has 1 saturated heterocycles. The molecular formula is C9H18N2O2. The van der Waals surface area contributed by atoms with E-state index in [1.54, 1.807) is 0 Å². The molecule has 1 rings (SSSR count). The molecule has 0 radical (unpaired) electrons. The van der Waals surface area contributed by atoms with Crippen LogP contribution < -0.4 is 5.73 Å². The normalized spacial score (nSPS) is 25.3. The van der Waals surface area contributed by atoms with Gasteiger partial charge in [0.15, 0.2) is 0 Å². The number of aliphatic hydroxyl groups is 1. The highest BCUT2D eigenvalue weighted by molar-refractivity contribution is 5.78. The van der Waals surface area contributed by atoms with Gasteiger partial charge >= 0.3 is 0 Å². The van der Waals surface area contributed by atoms with Crippen molar-refractivity contribution in [3.8, 4) is 0 Å². The fourth-order valence-corrected chi connectivity index (χ4v) is 1.60. The summed E-state index contributed by atoms with van der Waals surface area (Å²) in [4.78, 5) is 13.1. The highest BCUT2D eigenvalue weighted by atomic mass is 16.3. The molecule has 1 aliphatic heterocycles. The average molecular weight is 186 g/mol. The highest BCUT2D eigenvalue weighted by Gasteiger charge is 2.25. The Morgan fingerprint density at radius 2 is 2.46 bits per heavy atom. The molecule has 2 atom stereocenters. The van der Waals surface area contributed by atoms with Crippen molar-refractivity contribution in [1.82, 2.24) is 4.90 Å². The maximum atomic E-state index is 11.3. The Kier molecular flexibility index (Phi) is 3.69. The predicted octanol–water partition coefficient (Wildman–Crippen LogP) is -0.435. The Labute approximate surface area is 78.7 Å². The van der Waals surface area contributed by atoms with Gasteiger partial charge in [0.25, 0.3) is 0 Å². The van der Waals surface area contributed by atoms with Crippen LogP contribution in [0.25, 0.3) is 0 Å². The average Bonchev–Trinajstić information content (AvgIpc) is 2.41. The second-order valence-corrected chi connectivity index (χ2v) is 3.88. The van der Waals surface area contributed by atoms with E-state index in [1.165, 1.54) is 0 Å². The van der Waals surface area contributed by atoms with Gasteiger partial charge in [-0.05, 0) is 12.3 Å². The second-order valence-electron chi connectivity index (χ2n) is 3.88. The lowest BCUT2D eigenvalue weighted by molar-refractivity contribution is -0.127. The maximum absolute atomic E-state index is 11.3. The summed E-state index contributed by atoms with van der Waals surface area (Å²) < 4.78 is 0. The van der Waals surface area contributed by atoms with Gasteiger partial charge in [-0.1, -0.05) is 6.92 Å². The molecule has 2 unspecified atom stereocenters. The minimum Gasteiger partial charge on any atom is -0.395 e. The van der Waals surface area contributed by atoms with Crippen molar-refractivity contribution >= 4 is 5.91 Å². The first-order valence-electron chi connectivity index (χ1n) is 4.77. The summed E-state index contributed by atoms with van der Waals surface area (Å²) in [6.45, 7) is 3.60. The van der Waals surface area contributed by atoms with Gasteiger partial charge in [-0.25, -0.2) is 0 Å². The van der Waals surface area contributed by atoms with Crippen LogP contribution in [0.5, 0.6) is 0 Å². The van der Waals surface area contributed by atoms with E-state index in [9.17, 15) is 4.79 Å². The van der Waals surface area contributed by atoms with Crippen LogP contribution in [0.4, 0.5) is 0 Å². The molecule has 0 aromatic rings. The minimum absolute atomic E-state index is 0.00240. The second kappa shape index (κ2) is 4.58. The monoisotopic (exact) mass is 186 g/mol. The van der Waals surface area contributed by atoms with E-state index in [0.717, 1.165) is 6.54 Å². The van der Waals surface area contributed by atoms with Gasteiger partial charge < -0.3 is 15.7 Å². The molecule has 1 amide bonds. The van der Waals surface area contributed by atoms with Gasteiger partial charge in [0.2, 0.25) is 5.91 Å². The fourth-order valence-electron chi connectivity index (χ4n) is 1.60. The number of nitrogens with zero attached hydrogens (tertiary/aromatic N) is 1. The van der Waals surface area contributed by atoms with Crippen molar-refractivity contribution in [3.63, 3.8) is 0 Å². The molecule has 0 aromatic carbocycles. The maximum Gasteiger partial charge on any atom is 0.222 e. The van der Waals surface area contributed by atoms with E-state index >= 15 is 0 Å². The standard InChI is InChI=1S/C9H18N2O2/c1-7-4-9(13)11(5-7)3-2-8(10)6-12/h7-8,12H,2-6,10H2,1H3. The van der Waals surface area contributed by atoms with Crippen molar-refractivity contribution in [3.05, 3.63) is 0 Å². The molecule has 0 saturated carbocycles. The Balaban J connectivity index is 2.25. The Morgan fingerprint density at radius 1 is 1.77 bits per heavy atom. The summed E-state index contributed by atoms with van der Waals surface area (Å²) in [5, 5.41) is 8.70. The van der Waals surface area contributed by atoms with Gasteiger partial charge in [0.1, 0.15) is 0 Å². The number of likely N-dealkylation sites (tertiary alicyclic amines) is 1. The Hall–Kier alpha value is -0.610. The summed E-state index contributed by atoms with van der Waals surface area (Å²) in [5.74, 6) is 0.690. The summed E-state index contributed by atoms with van der Waals surface area (Å²) >= 11 is 0. The minimum atomic E-state index is -0.191. The van der Waals surface area contributed by atoms with Crippen molar-refractivity contribution in [1.29, 1.82) is 0 Å². The van der Waals surface area contributed by atoms with Gasteiger partial charge in [0, 0.05) is 25.6 Å². The van der Waals surface area contributed by atoms with E-state index in [-0.39, 0.29) is 18.6 Å². The van der Waals surface area contributed by atoms with Crippen LogP contribution in [-0.2, 0) is 4.79 Å². The number of hydrogen-bond acceptors (Lipinski definition) is 3. The lowest BCUT2D eigenvalue weighted by Crippen LogP contribution is -2.33. The molecule has 1 heterocycles. The van der Waals surface area contributed by atoms with Crippen molar-refractivity contribution in [2.75, 3.05) is 19.7 Å². The van der Waals surface area contributed by atoms with E-state index in [2.05, 4.69) is 6.92 Å². The summed E-state index contributed by atoms with van der Waals surface area (Å²) in [7, 11) is 0. The molecule has 4 heteroatoms. The van der Waals surface area contributed by atoms with Crippen molar-refractivity contribution in [2.24, 2.45) is 11.7 Å². The Morgan fingerprint density at radius 3 is 2.92 bits per heavy atom. The first-order chi connectivity index (χ1) is 6.13. The third kappa shape index (κ3) is 2.97. The van der Waals surface area contributed by atoms with Crippen LogP contribution in [0, 0.1) is 5.92 Å². The zero-order valence-electron chi connectivity index (χ0n) is 8.07. The molecule has 1 fully saturated rings. The first kappa shape index (κ1) is 10.5. The summed E-state index contributed by atoms with van der Waals surface area (Å²) in [5.41, 5.74) is 5.54. The third-order valence-electron chi connectivity index (χ3n) is 2.41. The highest BCUT2D eigenvalue weighted by Crippen LogP contribution is 2.16. The zero-order valence-corrected chi connectivity index (χ0v) is 8.07. The Bertz CT molecular complexity index is 184. The number of carbonyl (C=O) groups is 1. The zero-order chi connectivity index (χ0) is 9.84. The largest absolute Gasteiger partial charge is 0.395 e. The molecule has 0 bridgehead atoms. The number of rotatable bonds is 4.